The lowest BCUT2D eigenvalue weighted by molar-refractivity contribution is -0.383. The third-order valence-corrected chi connectivity index (χ3v) is 2.98. The van der Waals surface area contributed by atoms with E-state index in [4.69, 9.17) is 5.73 Å². The number of benzene rings is 2. The van der Waals surface area contributed by atoms with Crippen LogP contribution in [-0.2, 0) is 0 Å². The van der Waals surface area contributed by atoms with E-state index >= 15 is 0 Å². The van der Waals surface area contributed by atoms with Crippen LogP contribution in [0.25, 0.3) is 0 Å². The highest BCUT2D eigenvalue weighted by molar-refractivity contribution is 5.71. The molecule has 0 aliphatic carbocycles. The van der Waals surface area contributed by atoms with E-state index in [-0.39, 0.29) is 17.2 Å². The Morgan fingerprint density at radius 2 is 2.00 bits per heavy atom. The number of rotatable bonds is 4. The summed E-state index contributed by atoms with van der Waals surface area (Å²) in [6.45, 7) is 2.38. The molecule has 0 radical (unpaired) electrons. The molecule has 104 valence electrons. The number of nitrogen functional groups attached to an aromatic ring is 1. The molecule has 0 aromatic heterocycles. The molecular weight excluding hydrogens is 261 g/mol. The highest BCUT2D eigenvalue weighted by Crippen LogP contribution is 2.32. The number of nitrogens with zero attached hydrogens (tertiary/aromatic N) is 2. The van der Waals surface area contributed by atoms with Crippen molar-refractivity contribution in [1.29, 1.82) is 0 Å². The predicted molar refractivity (Wildman–Crippen MR) is 76.6 cm³/mol. The number of para-hydroxylation sites is 1. The third kappa shape index (κ3) is 2.54. The number of nitro benzene ring substituents is 1. The topological polar surface area (TPSA) is 72.4 Å². The molecule has 2 rings (SSSR count). The van der Waals surface area contributed by atoms with E-state index in [0.29, 0.717) is 17.9 Å². The van der Waals surface area contributed by atoms with Gasteiger partial charge in [0.05, 0.1) is 10.6 Å². The summed E-state index contributed by atoms with van der Waals surface area (Å²) in [6.07, 6.45) is 0. The molecular formula is C14H14FN3O2. The third-order valence-electron chi connectivity index (χ3n) is 2.98. The Hall–Kier alpha value is -2.63. The Labute approximate surface area is 115 Å². The van der Waals surface area contributed by atoms with Gasteiger partial charge in [-0.15, -0.1) is 0 Å². The molecule has 2 N–H and O–H groups in total. The van der Waals surface area contributed by atoms with E-state index in [1.54, 1.807) is 29.2 Å². The first-order valence-electron chi connectivity index (χ1n) is 6.10. The van der Waals surface area contributed by atoms with Crippen molar-refractivity contribution in [2.24, 2.45) is 0 Å². The lowest BCUT2D eigenvalue weighted by atomic mass is 10.2. The van der Waals surface area contributed by atoms with Crippen LogP contribution < -0.4 is 10.6 Å². The molecule has 0 amide bonds. The minimum Gasteiger partial charge on any atom is -0.393 e. The smallest absolute Gasteiger partial charge is 0.292 e. The second kappa shape index (κ2) is 5.56. The van der Waals surface area contributed by atoms with Gasteiger partial charge >= 0.3 is 0 Å². The number of hydrogen-bond donors (Lipinski definition) is 1. The zero-order valence-electron chi connectivity index (χ0n) is 10.9. The Balaban J connectivity index is 2.46. The van der Waals surface area contributed by atoms with Crippen LogP contribution in [0.4, 0.5) is 27.1 Å². The first kappa shape index (κ1) is 13.8. The molecule has 0 bridgehead atoms. The van der Waals surface area contributed by atoms with Crippen LogP contribution in [0.3, 0.4) is 0 Å². The fraction of sp³-hybridized carbons (Fsp3) is 0.143. The standard InChI is InChI=1S/C14H14FN3O2/c1-2-17(13-6-4-3-5-11(13)15)10-7-8-14(18(19)20)12(16)9-10/h3-9H,2,16H2,1H3. The molecule has 0 spiro atoms. The Kier molecular flexibility index (Phi) is 3.84. The van der Waals surface area contributed by atoms with Gasteiger partial charge in [0.1, 0.15) is 11.5 Å². The number of nitrogens with two attached hydrogens (primary N) is 1. The van der Waals surface area contributed by atoms with Gasteiger partial charge in [-0.1, -0.05) is 12.1 Å². The van der Waals surface area contributed by atoms with E-state index in [2.05, 4.69) is 0 Å². The maximum Gasteiger partial charge on any atom is 0.292 e. The molecule has 0 aliphatic heterocycles. The first-order chi connectivity index (χ1) is 9.54. The molecule has 0 unspecified atom stereocenters. The van der Waals surface area contributed by atoms with Gasteiger partial charge in [0.25, 0.3) is 5.69 Å². The number of hydrogen-bond acceptors (Lipinski definition) is 4. The summed E-state index contributed by atoms with van der Waals surface area (Å²) in [5, 5.41) is 10.7. The first-order valence-corrected chi connectivity index (χ1v) is 6.10. The second-order valence-electron chi connectivity index (χ2n) is 4.20. The molecule has 5 nitrogen and oxygen atoms in total. The minimum atomic E-state index is -0.543. The van der Waals surface area contributed by atoms with Crippen LogP contribution in [-0.4, -0.2) is 11.5 Å². The maximum absolute atomic E-state index is 13.8. The SMILES string of the molecule is CCN(c1ccc([N+](=O)[O-])c(N)c1)c1ccccc1F. The fourth-order valence-electron chi connectivity index (χ4n) is 2.04. The van der Waals surface area contributed by atoms with Gasteiger partial charge in [-0.25, -0.2) is 4.39 Å². The van der Waals surface area contributed by atoms with Crippen LogP contribution in [0.15, 0.2) is 42.5 Å². The van der Waals surface area contributed by atoms with Gasteiger partial charge in [-0.3, -0.25) is 10.1 Å². The number of nitro groups is 1. The lowest BCUT2D eigenvalue weighted by Crippen LogP contribution is -2.17. The molecule has 0 aliphatic rings. The molecule has 2 aromatic carbocycles. The summed E-state index contributed by atoms with van der Waals surface area (Å²) in [6, 6.07) is 10.7. The van der Waals surface area contributed by atoms with Crippen molar-refractivity contribution < 1.29 is 9.31 Å². The van der Waals surface area contributed by atoms with E-state index in [9.17, 15) is 14.5 Å². The molecule has 2 aromatic rings. The van der Waals surface area contributed by atoms with Gasteiger partial charge in [0, 0.05) is 18.3 Å². The Morgan fingerprint density at radius 1 is 1.30 bits per heavy atom. The largest absolute Gasteiger partial charge is 0.393 e. The second-order valence-corrected chi connectivity index (χ2v) is 4.20. The van der Waals surface area contributed by atoms with Gasteiger partial charge < -0.3 is 10.6 Å². The van der Waals surface area contributed by atoms with E-state index in [1.807, 2.05) is 6.92 Å². The molecule has 20 heavy (non-hydrogen) atoms. The monoisotopic (exact) mass is 275 g/mol. The molecule has 0 fully saturated rings. The summed E-state index contributed by atoms with van der Waals surface area (Å²) in [5.41, 5.74) is 6.59. The van der Waals surface area contributed by atoms with E-state index in [0.717, 1.165) is 0 Å². The van der Waals surface area contributed by atoms with Crippen molar-refractivity contribution in [3.05, 3.63) is 58.4 Å². The molecule has 6 heteroatoms. The highest BCUT2D eigenvalue weighted by Gasteiger charge is 2.16. The number of halogens is 1. The molecule has 0 atom stereocenters. The summed E-state index contributed by atoms with van der Waals surface area (Å²) in [5.74, 6) is -0.355. The summed E-state index contributed by atoms with van der Waals surface area (Å²) in [4.78, 5) is 11.9. The van der Waals surface area contributed by atoms with Gasteiger partial charge in [-0.2, -0.15) is 0 Å². The maximum atomic E-state index is 13.8. The zero-order chi connectivity index (χ0) is 14.7. The number of anilines is 3. The predicted octanol–water partition coefficient (Wildman–Crippen LogP) is 3.47. The molecule has 0 saturated carbocycles. The van der Waals surface area contributed by atoms with Crippen LogP contribution >= 0.6 is 0 Å². The Bertz CT molecular complexity index is 646. The Morgan fingerprint density at radius 3 is 2.55 bits per heavy atom. The van der Waals surface area contributed by atoms with Gasteiger partial charge in [0.15, 0.2) is 0 Å². The summed E-state index contributed by atoms with van der Waals surface area (Å²) < 4.78 is 13.8. The van der Waals surface area contributed by atoms with Gasteiger partial charge in [-0.05, 0) is 31.2 Å². The average molecular weight is 275 g/mol. The van der Waals surface area contributed by atoms with Crippen molar-refractivity contribution in [2.75, 3.05) is 17.2 Å². The van der Waals surface area contributed by atoms with E-state index in [1.165, 1.54) is 18.2 Å². The van der Waals surface area contributed by atoms with Crippen LogP contribution in [0.5, 0.6) is 0 Å². The van der Waals surface area contributed by atoms with Crippen molar-refractivity contribution in [3.63, 3.8) is 0 Å². The van der Waals surface area contributed by atoms with Crippen LogP contribution in [0.1, 0.15) is 6.92 Å². The van der Waals surface area contributed by atoms with Crippen molar-refractivity contribution >= 4 is 22.7 Å². The minimum absolute atomic E-state index is 0.0577. The van der Waals surface area contributed by atoms with Crippen LogP contribution in [0.2, 0.25) is 0 Å². The normalized spacial score (nSPS) is 10.3. The molecule has 0 saturated heterocycles. The average Bonchev–Trinajstić information content (AvgIpc) is 2.41. The van der Waals surface area contributed by atoms with E-state index < -0.39 is 4.92 Å². The van der Waals surface area contributed by atoms with Crippen molar-refractivity contribution in [2.45, 2.75) is 6.92 Å². The summed E-state index contributed by atoms with van der Waals surface area (Å²) in [7, 11) is 0. The quantitative estimate of drug-likeness (QED) is 0.526. The molecule has 0 heterocycles. The van der Waals surface area contributed by atoms with Crippen LogP contribution in [0, 0.1) is 15.9 Å². The highest BCUT2D eigenvalue weighted by atomic mass is 19.1. The van der Waals surface area contributed by atoms with Gasteiger partial charge in [0.2, 0.25) is 0 Å². The van der Waals surface area contributed by atoms with Crippen molar-refractivity contribution in [1.82, 2.24) is 0 Å². The van der Waals surface area contributed by atoms with Crippen molar-refractivity contribution in [3.8, 4) is 0 Å². The fourth-order valence-corrected chi connectivity index (χ4v) is 2.04. The summed E-state index contributed by atoms with van der Waals surface area (Å²) >= 11 is 0. The zero-order valence-corrected chi connectivity index (χ0v) is 10.9. The lowest BCUT2D eigenvalue weighted by Gasteiger charge is -2.23.